The fraction of sp³-hybridized carbons (Fsp3) is 0.333. The van der Waals surface area contributed by atoms with Crippen LogP contribution in [-0.4, -0.2) is 14.4 Å². The molecule has 0 radical (unpaired) electrons. The van der Waals surface area contributed by atoms with Crippen molar-refractivity contribution in [1.29, 1.82) is 0 Å². The van der Waals surface area contributed by atoms with Crippen molar-refractivity contribution in [3.05, 3.63) is 53.7 Å². The molecule has 3 N–H and O–H groups in total. The van der Waals surface area contributed by atoms with Gasteiger partial charge in [0, 0.05) is 30.4 Å². The van der Waals surface area contributed by atoms with Crippen LogP contribution in [0.25, 0.3) is 5.52 Å². The first-order chi connectivity index (χ1) is 11.3. The Kier molecular flexibility index (Phi) is 2.65. The van der Waals surface area contributed by atoms with Gasteiger partial charge in [0.1, 0.15) is 17.2 Å². The van der Waals surface area contributed by atoms with Gasteiger partial charge in [0.25, 0.3) is 0 Å². The smallest absolute Gasteiger partial charge is 0.149 e. The highest BCUT2D eigenvalue weighted by Gasteiger charge is 2.31. The molecule has 5 nitrogen and oxygen atoms in total. The molecule has 3 heterocycles. The van der Waals surface area contributed by atoms with E-state index in [0.717, 1.165) is 23.5 Å². The van der Waals surface area contributed by atoms with E-state index in [2.05, 4.69) is 39.0 Å². The number of aromatic nitrogens is 3. The summed E-state index contributed by atoms with van der Waals surface area (Å²) in [5.41, 5.74) is 10.8. The number of benzene rings is 1. The molecule has 2 aliphatic rings. The zero-order valence-electron chi connectivity index (χ0n) is 12.9. The molecule has 1 saturated carbocycles. The molecule has 1 atom stereocenters. The van der Waals surface area contributed by atoms with Crippen molar-refractivity contribution < 1.29 is 0 Å². The molecule has 2 aromatic heterocycles. The van der Waals surface area contributed by atoms with Crippen LogP contribution in [0.3, 0.4) is 0 Å². The van der Waals surface area contributed by atoms with E-state index in [1.54, 1.807) is 6.20 Å². The summed E-state index contributed by atoms with van der Waals surface area (Å²) < 4.78 is 2.16. The van der Waals surface area contributed by atoms with E-state index in [-0.39, 0.29) is 6.04 Å². The number of imidazole rings is 1. The van der Waals surface area contributed by atoms with E-state index >= 15 is 0 Å². The molecule has 116 valence electrons. The maximum atomic E-state index is 6.20. The van der Waals surface area contributed by atoms with E-state index in [4.69, 9.17) is 10.7 Å². The minimum absolute atomic E-state index is 0.169. The SMILES string of the molecule is Nc1nccn2c(C3CCC3)nc(C3Cc4ccccc4N3)c12. The number of nitrogens with two attached hydrogens (primary N) is 1. The van der Waals surface area contributed by atoms with Gasteiger partial charge in [-0.3, -0.25) is 4.40 Å². The monoisotopic (exact) mass is 305 g/mol. The van der Waals surface area contributed by atoms with Gasteiger partial charge in [0.15, 0.2) is 0 Å². The Morgan fingerprint density at radius 2 is 2.09 bits per heavy atom. The molecule has 1 fully saturated rings. The Morgan fingerprint density at radius 3 is 2.87 bits per heavy atom. The van der Waals surface area contributed by atoms with Crippen LogP contribution in [0.4, 0.5) is 11.5 Å². The number of fused-ring (bicyclic) bond motifs is 2. The Bertz CT molecular complexity index is 869. The molecule has 0 bridgehead atoms. The average molecular weight is 305 g/mol. The van der Waals surface area contributed by atoms with Gasteiger partial charge in [-0.15, -0.1) is 0 Å². The van der Waals surface area contributed by atoms with E-state index in [1.807, 2.05) is 6.20 Å². The fourth-order valence-electron chi connectivity index (χ4n) is 3.78. The molecule has 1 aromatic carbocycles. The lowest BCUT2D eigenvalue weighted by Gasteiger charge is -2.23. The van der Waals surface area contributed by atoms with Crippen LogP contribution in [0.5, 0.6) is 0 Å². The zero-order valence-corrected chi connectivity index (χ0v) is 12.9. The summed E-state index contributed by atoms with van der Waals surface area (Å²) in [6.45, 7) is 0. The van der Waals surface area contributed by atoms with Crippen molar-refractivity contribution in [3.63, 3.8) is 0 Å². The average Bonchev–Trinajstić information content (AvgIpc) is 3.08. The summed E-state index contributed by atoms with van der Waals surface area (Å²) >= 11 is 0. The van der Waals surface area contributed by atoms with Gasteiger partial charge in [-0.1, -0.05) is 24.6 Å². The van der Waals surface area contributed by atoms with Crippen LogP contribution >= 0.6 is 0 Å². The summed E-state index contributed by atoms with van der Waals surface area (Å²) in [4.78, 5) is 9.31. The summed E-state index contributed by atoms with van der Waals surface area (Å²) in [6, 6.07) is 8.62. The van der Waals surface area contributed by atoms with Crippen molar-refractivity contribution in [2.24, 2.45) is 0 Å². The Morgan fingerprint density at radius 1 is 1.22 bits per heavy atom. The maximum absolute atomic E-state index is 6.20. The molecule has 0 amide bonds. The van der Waals surface area contributed by atoms with E-state index in [9.17, 15) is 0 Å². The second-order valence-electron chi connectivity index (χ2n) is 6.57. The van der Waals surface area contributed by atoms with Gasteiger partial charge >= 0.3 is 0 Å². The van der Waals surface area contributed by atoms with Crippen molar-refractivity contribution in [1.82, 2.24) is 14.4 Å². The number of nitrogens with one attached hydrogen (secondary N) is 1. The van der Waals surface area contributed by atoms with Crippen LogP contribution in [0, 0.1) is 0 Å². The first-order valence-electron chi connectivity index (χ1n) is 8.28. The molecule has 5 heteroatoms. The third-order valence-corrected chi connectivity index (χ3v) is 5.21. The second kappa shape index (κ2) is 4.72. The highest BCUT2D eigenvalue weighted by atomic mass is 15.1. The molecular formula is C18H19N5. The van der Waals surface area contributed by atoms with Crippen LogP contribution in [0.15, 0.2) is 36.7 Å². The first-order valence-corrected chi connectivity index (χ1v) is 8.28. The summed E-state index contributed by atoms with van der Waals surface area (Å²) in [6.07, 6.45) is 8.45. The van der Waals surface area contributed by atoms with Gasteiger partial charge in [0.2, 0.25) is 0 Å². The van der Waals surface area contributed by atoms with E-state index in [1.165, 1.54) is 30.5 Å². The van der Waals surface area contributed by atoms with Crippen LogP contribution in [0.1, 0.15) is 48.3 Å². The van der Waals surface area contributed by atoms with Gasteiger partial charge in [-0.05, 0) is 24.5 Å². The standard InChI is InChI=1S/C18H19N5/c19-17-16-15(14-10-12-4-1-2-7-13(12)21-14)22-18(11-5-3-6-11)23(16)9-8-20-17/h1-2,4,7-9,11,14,21H,3,5-6,10H2,(H2,19,20). The van der Waals surface area contributed by atoms with Crippen LogP contribution in [-0.2, 0) is 6.42 Å². The molecule has 23 heavy (non-hydrogen) atoms. The first kappa shape index (κ1) is 12.9. The van der Waals surface area contributed by atoms with E-state index in [0.29, 0.717) is 11.7 Å². The molecule has 0 spiro atoms. The molecule has 0 saturated heterocycles. The maximum Gasteiger partial charge on any atom is 0.149 e. The largest absolute Gasteiger partial charge is 0.382 e. The summed E-state index contributed by atoms with van der Waals surface area (Å²) in [5.74, 6) is 2.27. The number of rotatable bonds is 2. The van der Waals surface area contributed by atoms with Crippen molar-refractivity contribution in [2.45, 2.75) is 37.6 Å². The van der Waals surface area contributed by atoms with Crippen molar-refractivity contribution in [2.75, 3.05) is 11.1 Å². The van der Waals surface area contributed by atoms with Crippen molar-refractivity contribution in [3.8, 4) is 0 Å². The lowest BCUT2D eigenvalue weighted by molar-refractivity contribution is 0.399. The number of hydrogen-bond donors (Lipinski definition) is 2. The number of para-hydroxylation sites is 1. The topological polar surface area (TPSA) is 68.2 Å². The molecule has 3 aromatic rings. The van der Waals surface area contributed by atoms with E-state index < -0.39 is 0 Å². The van der Waals surface area contributed by atoms with Crippen molar-refractivity contribution >= 4 is 17.0 Å². The Balaban J connectivity index is 1.64. The number of hydrogen-bond acceptors (Lipinski definition) is 4. The molecule has 1 unspecified atom stereocenters. The third kappa shape index (κ3) is 1.86. The lowest BCUT2D eigenvalue weighted by atomic mass is 9.85. The Hall–Kier alpha value is -2.56. The molecule has 1 aliphatic heterocycles. The van der Waals surface area contributed by atoms with Gasteiger partial charge in [0.05, 0.1) is 11.7 Å². The highest BCUT2D eigenvalue weighted by molar-refractivity contribution is 5.72. The number of nitrogens with zero attached hydrogens (tertiary/aromatic N) is 3. The lowest BCUT2D eigenvalue weighted by Crippen LogP contribution is -2.13. The predicted octanol–water partition coefficient (Wildman–Crippen LogP) is 3.29. The normalized spacial score (nSPS) is 20.3. The minimum atomic E-state index is 0.169. The van der Waals surface area contributed by atoms with Gasteiger partial charge < -0.3 is 11.1 Å². The van der Waals surface area contributed by atoms with Crippen LogP contribution in [0.2, 0.25) is 0 Å². The minimum Gasteiger partial charge on any atom is -0.382 e. The second-order valence-corrected chi connectivity index (χ2v) is 6.57. The van der Waals surface area contributed by atoms with Crippen LogP contribution < -0.4 is 11.1 Å². The molecular weight excluding hydrogens is 286 g/mol. The number of anilines is 2. The third-order valence-electron chi connectivity index (χ3n) is 5.21. The summed E-state index contributed by atoms with van der Waals surface area (Å²) in [7, 11) is 0. The van der Waals surface area contributed by atoms with Gasteiger partial charge in [-0.2, -0.15) is 0 Å². The number of nitrogen functional groups attached to an aromatic ring is 1. The molecule has 1 aliphatic carbocycles. The fourth-order valence-corrected chi connectivity index (χ4v) is 3.78. The summed E-state index contributed by atoms with van der Waals surface area (Å²) in [5, 5.41) is 3.60. The predicted molar refractivity (Wildman–Crippen MR) is 90.5 cm³/mol. The zero-order chi connectivity index (χ0) is 15.4. The highest BCUT2D eigenvalue weighted by Crippen LogP contribution is 2.40. The van der Waals surface area contributed by atoms with Gasteiger partial charge in [-0.25, -0.2) is 9.97 Å². The molecule has 5 rings (SSSR count). The quantitative estimate of drug-likeness (QED) is 0.762. The Labute approximate surface area is 134 Å².